The molecule has 2 nitrogen and oxygen atoms in total. The van der Waals surface area contributed by atoms with Crippen LogP contribution in [0.1, 0.15) is 47.5 Å². The van der Waals surface area contributed by atoms with Gasteiger partial charge in [-0.1, -0.05) is 27.7 Å². The van der Waals surface area contributed by atoms with Gasteiger partial charge in [0.15, 0.2) is 0 Å². The van der Waals surface area contributed by atoms with E-state index in [9.17, 15) is 13.6 Å². The lowest BCUT2D eigenvalue weighted by Gasteiger charge is -2.39. The van der Waals surface area contributed by atoms with Crippen molar-refractivity contribution in [3.8, 4) is 0 Å². The third kappa shape index (κ3) is 3.67. The first kappa shape index (κ1) is 16.4. The molecule has 2 fully saturated rings. The van der Waals surface area contributed by atoms with Gasteiger partial charge in [-0.2, -0.15) is 0 Å². The van der Waals surface area contributed by atoms with Crippen molar-refractivity contribution in [1.29, 1.82) is 0 Å². The predicted octanol–water partition coefficient (Wildman–Crippen LogP) is 3.60. The van der Waals surface area contributed by atoms with Crippen LogP contribution in [-0.4, -0.2) is 35.7 Å². The van der Waals surface area contributed by atoms with Crippen LogP contribution in [0.2, 0.25) is 0 Å². The van der Waals surface area contributed by atoms with Crippen LogP contribution in [-0.2, 0) is 4.79 Å². The van der Waals surface area contributed by atoms with Crippen molar-refractivity contribution in [2.75, 3.05) is 13.1 Å². The minimum absolute atomic E-state index is 0.0501. The summed E-state index contributed by atoms with van der Waals surface area (Å²) in [7, 11) is 0. The second kappa shape index (κ2) is 6.19. The Morgan fingerprint density at radius 2 is 1.79 bits per heavy atom. The molecule has 0 radical (unpaired) electrons. The predicted molar refractivity (Wildman–Crippen MR) is 73.4 cm³/mol. The third-order valence-corrected chi connectivity index (χ3v) is 4.15. The fourth-order valence-electron chi connectivity index (χ4n) is 3.00. The highest BCUT2D eigenvalue weighted by Gasteiger charge is 2.48. The molecule has 2 rings (SSSR count). The molecule has 1 unspecified atom stereocenters. The van der Waals surface area contributed by atoms with Crippen molar-refractivity contribution in [3.63, 3.8) is 0 Å². The van der Waals surface area contributed by atoms with Crippen LogP contribution in [0.5, 0.6) is 0 Å². The van der Waals surface area contributed by atoms with Crippen LogP contribution >= 0.6 is 0 Å². The van der Waals surface area contributed by atoms with Gasteiger partial charge in [-0.05, 0) is 25.7 Å². The first-order valence-corrected chi connectivity index (χ1v) is 7.42. The van der Waals surface area contributed by atoms with Crippen LogP contribution in [0, 0.1) is 17.8 Å². The standard InChI is InChI=1S/C13H21F2NO.C2H6/c1-8(2)10-6-16(7-11(10)14)12(17)9-4-13(3,15)5-9;1-2/h8-11H,4-7H2,1-3H3;1-2H3/t9?,10-,11?,13?;/m0./s1. The summed E-state index contributed by atoms with van der Waals surface area (Å²) in [6.45, 7) is 10.2. The van der Waals surface area contributed by atoms with E-state index in [2.05, 4.69) is 0 Å². The van der Waals surface area contributed by atoms with E-state index in [-0.39, 0.29) is 30.2 Å². The zero-order valence-electron chi connectivity index (χ0n) is 12.7. The van der Waals surface area contributed by atoms with Crippen molar-refractivity contribution in [2.45, 2.75) is 59.3 Å². The third-order valence-electron chi connectivity index (χ3n) is 4.15. The zero-order chi connectivity index (χ0) is 14.8. The minimum Gasteiger partial charge on any atom is -0.339 e. The summed E-state index contributed by atoms with van der Waals surface area (Å²) in [4.78, 5) is 13.6. The molecular formula is C15H27F2NO. The number of carbonyl (C=O) groups is 1. The SMILES string of the molecule is CC.CC(C)[C@@H]1CN(C(=O)C2CC(C)(F)C2)CC1F. The number of hydrogen-bond donors (Lipinski definition) is 0. The maximum absolute atomic E-state index is 13.7. The first-order chi connectivity index (χ1) is 8.80. The maximum atomic E-state index is 13.7. The summed E-state index contributed by atoms with van der Waals surface area (Å²) in [5.41, 5.74) is -1.19. The summed E-state index contributed by atoms with van der Waals surface area (Å²) >= 11 is 0. The number of likely N-dealkylation sites (tertiary alicyclic amines) is 1. The molecule has 1 amide bonds. The number of hydrogen-bond acceptors (Lipinski definition) is 1. The Morgan fingerprint density at radius 3 is 2.16 bits per heavy atom. The van der Waals surface area contributed by atoms with Crippen LogP contribution in [0.4, 0.5) is 8.78 Å². The Morgan fingerprint density at radius 1 is 1.26 bits per heavy atom. The zero-order valence-corrected chi connectivity index (χ0v) is 12.7. The van der Waals surface area contributed by atoms with Gasteiger partial charge in [0.25, 0.3) is 0 Å². The molecule has 1 saturated heterocycles. The van der Waals surface area contributed by atoms with Gasteiger partial charge in [0.1, 0.15) is 11.8 Å². The molecule has 0 bridgehead atoms. The van der Waals surface area contributed by atoms with Gasteiger partial charge in [-0.3, -0.25) is 4.79 Å². The smallest absolute Gasteiger partial charge is 0.226 e. The molecule has 112 valence electrons. The lowest BCUT2D eigenvalue weighted by Crippen LogP contribution is -2.47. The van der Waals surface area contributed by atoms with Crippen molar-refractivity contribution < 1.29 is 13.6 Å². The Balaban J connectivity index is 0.000000861. The fraction of sp³-hybridized carbons (Fsp3) is 0.933. The Bertz CT molecular complexity index is 309. The number of halogens is 2. The van der Waals surface area contributed by atoms with Gasteiger partial charge >= 0.3 is 0 Å². The van der Waals surface area contributed by atoms with Crippen molar-refractivity contribution in [3.05, 3.63) is 0 Å². The molecule has 0 aromatic rings. The van der Waals surface area contributed by atoms with Gasteiger partial charge in [-0.25, -0.2) is 8.78 Å². The Labute approximate surface area is 115 Å². The molecule has 0 aromatic heterocycles. The number of carbonyl (C=O) groups excluding carboxylic acids is 1. The number of rotatable bonds is 2. The Kier molecular flexibility index (Phi) is 5.34. The number of amides is 1. The van der Waals surface area contributed by atoms with Gasteiger partial charge in [0, 0.05) is 18.4 Å². The van der Waals surface area contributed by atoms with Crippen LogP contribution in [0.25, 0.3) is 0 Å². The summed E-state index contributed by atoms with van der Waals surface area (Å²) in [6, 6.07) is 0. The lowest BCUT2D eigenvalue weighted by molar-refractivity contribution is -0.143. The highest BCUT2D eigenvalue weighted by Crippen LogP contribution is 2.42. The van der Waals surface area contributed by atoms with Crippen LogP contribution in [0.15, 0.2) is 0 Å². The van der Waals surface area contributed by atoms with E-state index in [1.54, 1.807) is 4.90 Å². The summed E-state index contributed by atoms with van der Waals surface area (Å²) in [5.74, 6) is -0.0829. The molecule has 1 heterocycles. The minimum atomic E-state index is -1.19. The lowest BCUT2D eigenvalue weighted by atomic mass is 9.73. The number of nitrogens with zero attached hydrogens (tertiary/aromatic N) is 1. The molecule has 1 saturated carbocycles. The maximum Gasteiger partial charge on any atom is 0.226 e. The van der Waals surface area contributed by atoms with Crippen LogP contribution < -0.4 is 0 Å². The van der Waals surface area contributed by atoms with E-state index in [4.69, 9.17) is 0 Å². The van der Waals surface area contributed by atoms with E-state index in [1.807, 2.05) is 27.7 Å². The molecule has 2 atom stereocenters. The molecule has 19 heavy (non-hydrogen) atoms. The van der Waals surface area contributed by atoms with E-state index in [1.165, 1.54) is 6.92 Å². The topological polar surface area (TPSA) is 20.3 Å². The molecule has 0 N–H and O–H groups in total. The van der Waals surface area contributed by atoms with E-state index in [0.29, 0.717) is 19.4 Å². The second-order valence-corrected chi connectivity index (χ2v) is 6.19. The average Bonchev–Trinajstić information content (AvgIpc) is 2.70. The number of alkyl halides is 2. The van der Waals surface area contributed by atoms with Crippen molar-refractivity contribution in [1.82, 2.24) is 4.90 Å². The molecule has 4 heteroatoms. The molecule has 0 aromatic carbocycles. The van der Waals surface area contributed by atoms with E-state index >= 15 is 0 Å². The summed E-state index contributed by atoms with van der Waals surface area (Å²) < 4.78 is 27.1. The highest BCUT2D eigenvalue weighted by atomic mass is 19.1. The molecular weight excluding hydrogens is 248 g/mol. The highest BCUT2D eigenvalue weighted by molar-refractivity contribution is 5.80. The molecule has 1 aliphatic carbocycles. The Hall–Kier alpha value is -0.670. The first-order valence-electron chi connectivity index (χ1n) is 7.42. The summed E-state index contributed by atoms with van der Waals surface area (Å²) in [5, 5.41) is 0. The average molecular weight is 275 g/mol. The molecule has 0 spiro atoms. The largest absolute Gasteiger partial charge is 0.339 e. The fourth-order valence-corrected chi connectivity index (χ4v) is 3.00. The van der Waals surface area contributed by atoms with Gasteiger partial charge in [0.05, 0.1) is 6.54 Å². The summed E-state index contributed by atoms with van der Waals surface area (Å²) in [6.07, 6.45) is -0.326. The monoisotopic (exact) mass is 275 g/mol. The van der Waals surface area contributed by atoms with Crippen LogP contribution in [0.3, 0.4) is 0 Å². The second-order valence-electron chi connectivity index (χ2n) is 6.19. The molecule has 1 aliphatic heterocycles. The van der Waals surface area contributed by atoms with Gasteiger partial charge < -0.3 is 4.90 Å². The van der Waals surface area contributed by atoms with Crippen molar-refractivity contribution in [2.24, 2.45) is 17.8 Å². The van der Waals surface area contributed by atoms with Crippen molar-refractivity contribution >= 4 is 5.91 Å². The van der Waals surface area contributed by atoms with Gasteiger partial charge in [-0.15, -0.1) is 0 Å². The quantitative estimate of drug-likeness (QED) is 0.754. The normalized spacial score (nSPS) is 37.7. The van der Waals surface area contributed by atoms with E-state index in [0.717, 1.165) is 0 Å². The van der Waals surface area contributed by atoms with E-state index < -0.39 is 11.8 Å². The molecule has 2 aliphatic rings. The van der Waals surface area contributed by atoms with Gasteiger partial charge in [0.2, 0.25) is 5.91 Å².